The van der Waals surface area contributed by atoms with Crippen LogP contribution in [0.5, 0.6) is 0 Å². The van der Waals surface area contributed by atoms with E-state index in [1.165, 1.54) is 10.9 Å². The van der Waals surface area contributed by atoms with E-state index in [1.807, 2.05) is 20.8 Å². The van der Waals surface area contributed by atoms with Crippen LogP contribution >= 0.6 is 0 Å². The molecule has 4 N–H and O–H groups in total. The number of nitrogens with two attached hydrogens (primary N) is 1. The van der Waals surface area contributed by atoms with Crippen molar-refractivity contribution in [1.82, 2.24) is 14.5 Å². The number of anilines is 1. The summed E-state index contributed by atoms with van der Waals surface area (Å²) in [5, 5.41) is 12.9. The average Bonchev–Trinajstić information content (AvgIpc) is 2.70. The van der Waals surface area contributed by atoms with Crippen molar-refractivity contribution in [2.75, 3.05) is 12.3 Å². The molecule has 0 radical (unpaired) electrons. The third kappa shape index (κ3) is 3.92. The fourth-order valence-electron chi connectivity index (χ4n) is 1.72. The highest BCUT2D eigenvalue weighted by Gasteiger charge is 2.25. The van der Waals surface area contributed by atoms with E-state index in [4.69, 9.17) is 10.8 Å². The van der Waals surface area contributed by atoms with Crippen molar-refractivity contribution in [3.63, 3.8) is 0 Å². The molecule has 1 aromatic rings. The second kappa shape index (κ2) is 6.36. The SMILES string of the molecule is CCn1cc(S(=O)(=O)NC(CCO)C(C)C)c(N)n1. The molecule has 0 amide bonds. The van der Waals surface area contributed by atoms with Gasteiger partial charge in [-0.25, -0.2) is 13.1 Å². The fraction of sp³-hybridized carbons (Fsp3) is 0.727. The predicted octanol–water partition coefficient (Wildman–Crippen LogP) is 0.171. The summed E-state index contributed by atoms with van der Waals surface area (Å²) in [6, 6.07) is -0.334. The van der Waals surface area contributed by atoms with Crippen LogP contribution in [0.25, 0.3) is 0 Å². The van der Waals surface area contributed by atoms with E-state index >= 15 is 0 Å². The minimum atomic E-state index is -3.72. The largest absolute Gasteiger partial charge is 0.396 e. The van der Waals surface area contributed by atoms with Crippen LogP contribution in [0, 0.1) is 5.92 Å². The van der Waals surface area contributed by atoms with E-state index in [1.54, 1.807) is 0 Å². The summed E-state index contributed by atoms with van der Waals surface area (Å²) < 4.78 is 28.5. The van der Waals surface area contributed by atoms with Crippen LogP contribution in [-0.2, 0) is 16.6 Å². The Morgan fingerprint density at radius 2 is 2.16 bits per heavy atom. The predicted molar refractivity (Wildman–Crippen MR) is 73.0 cm³/mol. The topological polar surface area (TPSA) is 110 Å². The van der Waals surface area contributed by atoms with E-state index in [-0.39, 0.29) is 29.3 Å². The fourth-order valence-corrected chi connectivity index (χ4v) is 3.21. The number of aryl methyl sites for hydroxylation is 1. The van der Waals surface area contributed by atoms with Crippen molar-refractivity contribution in [2.24, 2.45) is 5.92 Å². The molecule has 0 bridgehead atoms. The lowest BCUT2D eigenvalue weighted by molar-refractivity contribution is 0.256. The summed E-state index contributed by atoms with van der Waals surface area (Å²) >= 11 is 0. The van der Waals surface area contributed by atoms with Crippen molar-refractivity contribution in [1.29, 1.82) is 0 Å². The molecule has 19 heavy (non-hydrogen) atoms. The molecule has 0 saturated carbocycles. The summed E-state index contributed by atoms with van der Waals surface area (Å²) in [6.45, 7) is 6.10. The number of rotatable bonds is 7. The number of sulfonamides is 1. The summed E-state index contributed by atoms with van der Waals surface area (Å²) in [6.07, 6.45) is 1.77. The molecule has 0 aliphatic rings. The van der Waals surface area contributed by atoms with Crippen LogP contribution in [0.4, 0.5) is 5.82 Å². The molecule has 110 valence electrons. The van der Waals surface area contributed by atoms with Crippen molar-refractivity contribution >= 4 is 15.8 Å². The molecular formula is C11H22N4O3S. The van der Waals surface area contributed by atoms with Gasteiger partial charge in [-0.15, -0.1) is 0 Å². The number of nitrogens with one attached hydrogen (secondary N) is 1. The molecule has 0 aliphatic heterocycles. The minimum Gasteiger partial charge on any atom is -0.396 e. The van der Waals surface area contributed by atoms with Gasteiger partial charge in [0.05, 0.1) is 0 Å². The second-order valence-corrected chi connectivity index (χ2v) is 6.40. The van der Waals surface area contributed by atoms with Crippen LogP contribution in [0.1, 0.15) is 27.2 Å². The highest BCUT2D eigenvalue weighted by Crippen LogP contribution is 2.18. The maximum absolute atomic E-state index is 12.2. The number of nitrogen functional groups attached to an aromatic ring is 1. The lowest BCUT2D eigenvalue weighted by Crippen LogP contribution is -2.39. The van der Waals surface area contributed by atoms with Crippen molar-refractivity contribution in [2.45, 2.75) is 44.7 Å². The summed E-state index contributed by atoms with van der Waals surface area (Å²) in [5.41, 5.74) is 5.63. The van der Waals surface area contributed by atoms with E-state index in [2.05, 4.69) is 9.82 Å². The lowest BCUT2D eigenvalue weighted by Gasteiger charge is -2.20. The van der Waals surface area contributed by atoms with Crippen LogP contribution in [0.2, 0.25) is 0 Å². The third-order valence-electron chi connectivity index (χ3n) is 2.92. The summed E-state index contributed by atoms with van der Waals surface area (Å²) in [4.78, 5) is -0.0158. The maximum atomic E-state index is 12.2. The molecule has 1 heterocycles. The normalized spacial score (nSPS) is 13.9. The van der Waals surface area contributed by atoms with E-state index in [0.717, 1.165) is 0 Å². The first-order valence-corrected chi connectivity index (χ1v) is 7.76. The second-order valence-electron chi connectivity index (χ2n) is 4.72. The standard InChI is InChI=1S/C11H22N4O3S/c1-4-15-7-10(11(12)13-15)19(17,18)14-9(5-6-16)8(2)3/h7-9,14,16H,4-6H2,1-3H3,(H2,12,13). The molecule has 1 rings (SSSR count). The van der Waals surface area contributed by atoms with Crippen LogP contribution in [0.15, 0.2) is 11.1 Å². The van der Waals surface area contributed by atoms with E-state index in [0.29, 0.717) is 13.0 Å². The Morgan fingerprint density at radius 3 is 2.58 bits per heavy atom. The molecule has 0 aliphatic carbocycles. The smallest absolute Gasteiger partial charge is 0.246 e. The Morgan fingerprint density at radius 1 is 1.53 bits per heavy atom. The Hall–Kier alpha value is -1.12. The number of aliphatic hydroxyl groups is 1. The zero-order chi connectivity index (χ0) is 14.6. The Kier molecular flexibility index (Phi) is 5.33. The number of aliphatic hydroxyl groups excluding tert-OH is 1. The summed E-state index contributed by atoms with van der Waals surface area (Å²) in [7, 11) is -3.72. The molecule has 8 heteroatoms. The molecule has 1 atom stereocenters. The van der Waals surface area contributed by atoms with Crippen molar-refractivity contribution in [3.8, 4) is 0 Å². The van der Waals surface area contributed by atoms with Gasteiger partial charge in [0, 0.05) is 25.4 Å². The van der Waals surface area contributed by atoms with E-state index < -0.39 is 10.0 Å². The van der Waals surface area contributed by atoms with Gasteiger partial charge in [0.15, 0.2) is 5.82 Å². The van der Waals surface area contributed by atoms with Gasteiger partial charge in [-0.3, -0.25) is 4.68 Å². The number of hydrogen-bond donors (Lipinski definition) is 3. The maximum Gasteiger partial charge on any atom is 0.246 e. The first kappa shape index (κ1) is 15.9. The zero-order valence-electron chi connectivity index (χ0n) is 11.5. The van der Waals surface area contributed by atoms with Crippen molar-refractivity contribution < 1.29 is 13.5 Å². The van der Waals surface area contributed by atoms with Gasteiger partial charge in [0.1, 0.15) is 4.90 Å². The molecule has 0 fully saturated rings. The molecule has 7 nitrogen and oxygen atoms in total. The minimum absolute atomic E-state index is 0.0131. The van der Waals surface area contributed by atoms with Gasteiger partial charge in [0.25, 0.3) is 0 Å². The Balaban J connectivity index is 2.99. The molecule has 0 spiro atoms. The van der Waals surface area contributed by atoms with Gasteiger partial charge in [-0.2, -0.15) is 5.10 Å². The van der Waals surface area contributed by atoms with Gasteiger partial charge in [0.2, 0.25) is 10.0 Å². The Bertz CT molecular complexity index is 510. The summed E-state index contributed by atoms with van der Waals surface area (Å²) in [5.74, 6) is 0.0604. The van der Waals surface area contributed by atoms with Crippen LogP contribution in [0.3, 0.4) is 0 Å². The first-order valence-electron chi connectivity index (χ1n) is 6.28. The quantitative estimate of drug-likeness (QED) is 0.663. The molecule has 0 saturated heterocycles. The van der Waals surface area contributed by atoms with Crippen LogP contribution in [-0.4, -0.2) is 36.0 Å². The van der Waals surface area contributed by atoms with Gasteiger partial charge >= 0.3 is 0 Å². The number of nitrogens with zero attached hydrogens (tertiary/aromatic N) is 2. The van der Waals surface area contributed by atoms with Gasteiger partial charge < -0.3 is 10.8 Å². The monoisotopic (exact) mass is 290 g/mol. The molecule has 0 aromatic carbocycles. The number of aromatic nitrogens is 2. The molecule has 1 aromatic heterocycles. The average molecular weight is 290 g/mol. The van der Waals surface area contributed by atoms with Gasteiger partial charge in [-0.05, 0) is 19.3 Å². The number of hydrogen-bond acceptors (Lipinski definition) is 5. The highest BCUT2D eigenvalue weighted by molar-refractivity contribution is 7.89. The third-order valence-corrected chi connectivity index (χ3v) is 4.43. The lowest BCUT2D eigenvalue weighted by atomic mass is 10.0. The molecular weight excluding hydrogens is 268 g/mol. The first-order chi connectivity index (χ1) is 8.81. The zero-order valence-corrected chi connectivity index (χ0v) is 12.3. The van der Waals surface area contributed by atoms with Gasteiger partial charge in [-0.1, -0.05) is 13.8 Å². The van der Waals surface area contributed by atoms with Crippen LogP contribution < -0.4 is 10.5 Å². The Labute approximate surface area is 113 Å². The molecule has 1 unspecified atom stereocenters. The van der Waals surface area contributed by atoms with E-state index in [9.17, 15) is 8.42 Å². The van der Waals surface area contributed by atoms with Crippen molar-refractivity contribution in [3.05, 3.63) is 6.20 Å². The highest BCUT2D eigenvalue weighted by atomic mass is 32.2.